The average molecular weight is 438 g/mol. The van der Waals surface area contributed by atoms with Crippen LogP contribution in [-0.4, -0.2) is 4.98 Å². The zero-order chi connectivity index (χ0) is 22.9. The van der Waals surface area contributed by atoms with Crippen LogP contribution in [0.5, 0.6) is 11.5 Å². The molecule has 0 spiro atoms. The SMILES string of the molecule is N#Cc1cccc(-c2ccccc2-c2ccccc2N2c3ccccc3Oc3ccccc32)n1. The Bertz CT molecular complexity index is 1520. The van der Waals surface area contributed by atoms with Gasteiger partial charge in [0, 0.05) is 11.1 Å². The topological polar surface area (TPSA) is 49.2 Å². The Balaban J connectivity index is 1.59. The maximum absolute atomic E-state index is 9.36. The van der Waals surface area contributed by atoms with Gasteiger partial charge >= 0.3 is 0 Å². The molecule has 4 aromatic carbocycles. The number of aromatic nitrogens is 1. The summed E-state index contributed by atoms with van der Waals surface area (Å²) in [7, 11) is 0. The summed E-state index contributed by atoms with van der Waals surface area (Å²) >= 11 is 0. The average Bonchev–Trinajstić information content (AvgIpc) is 2.92. The first kappa shape index (κ1) is 19.8. The van der Waals surface area contributed by atoms with Gasteiger partial charge in [0.15, 0.2) is 11.5 Å². The van der Waals surface area contributed by atoms with Gasteiger partial charge in [0.2, 0.25) is 0 Å². The lowest BCUT2D eigenvalue weighted by atomic mass is 9.95. The fraction of sp³-hybridized carbons (Fsp3) is 0. The van der Waals surface area contributed by atoms with Gasteiger partial charge in [-0.1, -0.05) is 72.8 Å². The third-order valence-electron chi connectivity index (χ3n) is 5.93. The standard InChI is InChI=1S/C30H19N3O/c31-20-21-10-9-14-25(32-21)23-12-2-1-11-22(23)24-13-3-4-15-26(24)33-27-16-5-7-18-29(27)34-30-19-8-6-17-28(30)33/h1-19H. The third kappa shape index (κ3) is 3.28. The molecule has 1 aliphatic rings. The molecule has 0 radical (unpaired) electrons. The van der Waals surface area contributed by atoms with Gasteiger partial charge in [0.05, 0.1) is 22.8 Å². The van der Waals surface area contributed by atoms with Crippen molar-refractivity contribution in [3.8, 4) is 40.0 Å². The smallest absolute Gasteiger partial charge is 0.151 e. The van der Waals surface area contributed by atoms with Crippen LogP contribution >= 0.6 is 0 Å². The maximum atomic E-state index is 9.36. The zero-order valence-electron chi connectivity index (χ0n) is 18.2. The van der Waals surface area contributed by atoms with Gasteiger partial charge < -0.3 is 9.64 Å². The van der Waals surface area contributed by atoms with Crippen LogP contribution in [0.15, 0.2) is 115 Å². The quantitative estimate of drug-likeness (QED) is 0.283. The van der Waals surface area contributed by atoms with E-state index in [1.807, 2.05) is 66.7 Å². The van der Waals surface area contributed by atoms with Crippen molar-refractivity contribution in [3.05, 3.63) is 121 Å². The van der Waals surface area contributed by atoms with Crippen LogP contribution in [0.25, 0.3) is 22.4 Å². The van der Waals surface area contributed by atoms with Crippen molar-refractivity contribution >= 4 is 17.1 Å². The second kappa shape index (κ2) is 8.23. The van der Waals surface area contributed by atoms with Crippen LogP contribution in [0.2, 0.25) is 0 Å². The van der Waals surface area contributed by atoms with E-state index < -0.39 is 0 Å². The third-order valence-corrected chi connectivity index (χ3v) is 5.93. The molecule has 34 heavy (non-hydrogen) atoms. The van der Waals surface area contributed by atoms with Gasteiger partial charge in [-0.15, -0.1) is 0 Å². The number of nitriles is 1. The predicted octanol–water partition coefficient (Wildman–Crippen LogP) is 7.86. The molecule has 1 aliphatic heterocycles. The number of fused-ring (bicyclic) bond motifs is 2. The van der Waals surface area contributed by atoms with E-state index in [9.17, 15) is 5.26 Å². The largest absolute Gasteiger partial charge is 0.453 e. The van der Waals surface area contributed by atoms with Crippen LogP contribution < -0.4 is 9.64 Å². The molecule has 0 atom stereocenters. The molecule has 0 aliphatic carbocycles. The second-order valence-corrected chi connectivity index (χ2v) is 7.96. The van der Waals surface area contributed by atoms with E-state index in [1.54, 1.807) is 6.07 Å². The minimum absolute atomic E-state index is 0.400. The Morgan fingerprint density at radius 3 is 1.79 bits per heavy atom. The number of hydrogen-bond donors (Lipinski definition) is 0. The summed E-state index contributed by atoms with van der Waals surface area (Å²) in [5.74, 6) is 1.63. The molecular formula is C30H19N3O. The summed E-state index contributed by atoms with van der Waals surface area (Å²) in [6, 6.07) is 40.4. The van der Waals surface area contributed by atoms with Crippen molar-refractivity contribution in [3.63, 3.8) is 0 Å². The summed E-state index contributed by atoms with van der Waals surface area (Å²) < 4.78 is 6.21. The number of ether oxygens (including phenoxy) is 1. The minimum Gasteiger partial charge on any atom is -0.453 e. The van der Waals surface area contributed by atoms with Crippen LogP contribution in [0.1, 0.15) is 5.69 Å². The van der Waals surface area contributed by atoms with Crippen molar-refractivity contribution in [2.24, 2.45) is 0 Å². The van der Waals surface area contributed by atoms with Crippen LogP contribution in [0.3, 0.4) is 0 Å². The summed E-state index contributed by atoms with van der Waals surface area (Å²) in [5.41, 5.74) is 7.25. The number of para-hydroxylation sites is 5. The van der Waals surface area contributed by atoms with Crippen molar-refractivity contribution in [2.45, 2.75) is 0 Å². The van der Waals surface area contributed by atoms with Gasteiger partial charge in [-0.25, -0.2) is 4.98 Å². The highest BCUT2D eigenvalue weighted by atomic mass is 16.5. The van der Waals surface area contributed by atoms with Crippen LogP contribution in [-0.2, 0) is 0 Å². The first-order valence-electron chi connectivity index (χ1n) is 11.1. The molecule has 0 saturated heterocycles. The lowest BCUT2D eigenvalue weighted by Crippen LogP contribution is -2.16. The molecule has 1 aromatic heterocycles. The van der Waals surface area contributed by atoms with E-state index in [2.05, 4.69) is 58.4 Å². The molecule has 0 bridgehead atoms. The Kier molecular flexibility index (Phi) is 4.79. The molecule has 0 fully saturated rings. The van der Waals surface area contributed by atoms with Gasteiger partial charge in [-0.05, 0) is 48.0 Å². The van der Waals surface area contributed by atoms with Gasteiger partial charge in [-0.3, -0.25) is 0 Å². The van der Waals surface area contributed by atoms with Crippen molar-refractivity contribution in [2.75, 3.05) is 4.90 Å². The summed E-state index contributed by atoms with van der Waals surface area (Å²) in [5, 5.41) is 9.36. The molecular weight excluding hydrogens is 418 g/mol. The second-order valence-electron chi connectivity index (χ2n) is 7.96. The Hall–Kier alpha value is -4.88. The zero-order valence-corrected chi connectivity index (χ0v) is 18.2. The molecule has 160 valence electrons. The van der Waals surface area contributed by atoms with Gasteiger partial charge in [0.25, 0.3) is 0 Å². The fourth-order valence-electron chi connectivity index (χ4n) is 4.45. The summed E-state index contributed by atoms with van der Waals surface area (Å²) in [6.07, 6.45) is 0. The molecule has 5 aromatic rings. The van der Waals surface area contributed by atoms with E-state index in [1.165, 1.54) is 0 Å². The number of pyridine rings is 1. The Morgan fingerprint density at radius 2 is 1.12 bits per heavy atom. The van der Waals surface area contributed by atoms with Crippen LogP contribution in [0, 0.1) is 11.3 Å². The van der Waals surface area contributed by atoms with Crippen molar-refractivity contribution in [1.29, 1.82) is 5.26 Å². The molecule has 4 nitrogen and oxygen atoms in total. The number of nitrogens with zero attached hydrogens (tertiary/aromatic N) is 3. The van der Waals surface area contributed by atoms with E-state index in [0.29, 0.717) is 5.69 Å². The molecule has 0 N–H and O–H groups in total. The highest BCUT2D eigenvalue weighted by Crippen LogP contribution is 2.52. The first-order chi connectivity index (χ1) is 16.8. The number of rotatable bonds is 3. The lowest BCUT2D eigenvalue weighted by molar-refractivity contribution is 0.477. The van der Waals surface area contributed by atoms with Crippen LogP contribution in [0.4, 0.5) is 17.1 Å². The fourth-order valence-corrected chi connectivity index (χ4v) is 4.45. The van der Waals surface area contributed by atoms with Crippen molar-refractivity contribution < 1.29 is 4.74 Å². The lowest BCUT2D eigenvalue weighted by Gasteiger charge is -2.34. The molecule has 4 heteroatoms. The van der Waals surface area contributed by atoms with Gasteiger partial charge in [-0.2, -0.15) is 5.26 Å². The Labute approximate surface area is 198 Å². The highest BCUT2D eigenvalue weighted by molar-refractivity contribution is 5.96. The summed E-state index contributed by atoms with van der Waals surface area (Å²) in [6.45, 7) is 0. The number of anilines is 3. The number of hydrogen-bond acceptors (Lipinski definition) is 4. The highest BCUT2D eigenvalue weighted by Gasteiger charge is 2.27. The first-order valence-corrected chi connectivity index (χ1v) is 11.1. The Morgan fingerprint density at radius 1 is 0.559 bits per heavy atom. The monoisotopic (exact) mass is 437 g/mol. The number of benzene rings is 4. The van der Waals surface area contributed by atoms with E-state index in [4.69, 9.17) is 4.74 Å². The van der Waals surface area contributed by atoms with Crippen molar-refractivity contribution in [1.82, 2.24) is 4.98 Å². The maximum Gasteiger partial charge on any atom is 0.151 e. The molecule has 0 unspecified atom stereocenters. The van der Waals surface area contributed by atoms with E-state index in [-0.39, 0.29) is 0 Å². The molecule has 0 amide bonds. The normalized spacial score (nSPS) is 11.7. The van der Waals surface area contributed by atoms with E-state index >= 15 is 0 Å². The van der Waals surface area contributed by atoms with Gasteiger partial charge in [0.1, 0.15) is 11.8 Å². The minimum atomic E-state index is 0.400. The summed E-state index contributed by atoms with van der Waals surface area (Å²) in [4.78, 5) is 6.82. The molecule has 0 saturated carbocycles. The molecule has 6 rings (SSSR count). The van der Waals surface area contributed by atoms with E-state index in [0.717, 1.165) is 50.9 Å². The predicted molar refractivity (Wildman–Crippen MR) is 135 cm³/mol. The molecule has 2 heterocycles.